The Morgan fingerprint density at radius 1 is 0.388 bits per heavy atom. The van der Waals surface area contributed by atoms with Gasteiger partial charge in [0.1, 0.15) is 0 Å². The minimum absolute atomic E-state index is 0. The molecular formula is C90H126BrCl4N20NaO13. The van der Waals surface area contributed by atoms with Gasteiger partial charge in [-0.05, 0) is 208 Å². The number of aromatic nitrogens is 12. The first kappa shape index (κ1) is 109. The van der Waals surface area contributed by atoms with Gasteiger partial charge in [-0.25, -0.2) is 59.8 Å². The number of anilines is 11. The molecule has 4 aliphatic rings. The number of hydrogen-bond donors (Lipinski definition) is 6. The quantitative estimate of drug-likeness (QED) is 0.0124. The summed E-state index contributed by atoms with van der Waals surface area (Å²) in [6, 6.07) is 9.37. The van der Waals surface area contributed by atoms with E-state index < -0.39 is 11.9 Å². The molecule has 0 unspecified atom stereocenters. The van der Waals surface area contributed by atoms with Crippen LogP contribution in [-0.4, -0.2) is 217 Å². The third kappa shape index (κ3) is 37.0. The fourth-order valence-corrected chi connectivity index (χ4v) is 15.5. The second kappa shape index (κ2) is 56.5. The number of pyridine rings is 4. The number of nitrogens with zero attached hydrogens (tertiary/aromatic N) is 16. The van der Waals surface area contributed by atoms with E-state index in [1.807, 2.05) is 58.3 Å². The number of esters is 2. The molecule has 0 aliphatic carbocycles. The monoisotopic (exact) mass is 1940 g/mol. The Kier molecular flexibility index (Phi) is 47.9. The fourth-order valence-electron chi connectivity index (χ4n) is 14.9. The Morgan fingerprint density at radius 3 is 0.837 bits per heavy atom. The van der Waals surface area contributed by atoms with Crippen LogP contribution in [0.4, 0.5) is 63.1 Å². The predicted octanol–water partition coefficient (Wildman–Crippen LogP) is 15.2. The van der Waals surface area contributed by atoms with Crippen LogP contribution in [-0.2, 0) is 47.6 Å². The molecule has 33 nitrogen and oxygen atoms in total. The molecule has 700 valence electrons. The van der Waals surface area contributed by atoms with E-state index in [-0.39, 0.29) is 111 Å². The number of halogens is 5. The Morgan fingerprint density at radius 2 is 0.612 bits per heavy atom. The molecule has 4 saturated heterocycles. The molecule has 4 fully saturated rings. The maximum absolute atomic E-state index is 11.8. The van der Waals surface area contributed by atoms with Crippen molar-refractivity contribution in [2.75, 3.05) is 135 Å². The number of nitrogens with one attached hydrogen (secondary N) is 3. The van der Waals surface area contributed by atoms with Crippen LogP contribution in [0, 0.1) is 23.7 Å². The molecular weight excluding hydrogens is 1810 g/mol. The van der Waals surface area contributed by atoms with E-state index in [0.717, 1.165) is 197 Å². The fraction of sp³-hybridized carbons (Fsp3) is 0.556. The van der Waals surface area contributed by atoms with Gasteiger partial charge in [0, 0.05) is 140 Å². The molecule has 8 N–H and O–H groups in total. The Labute approximate surface area is 808 Å². The van der Waals surface area contributed by atoms with E-state index in [2.05, 4.69) is 158 Å². The summed E-state index contributed by atoms with van der Waals surface area (Å²) in [5.41, 5.74) is 15.2. The zero-order chi connectivity index (χ0) is 92.2. The Hall–Kier alpha value is -8.36. The number of carboxylic acids is 2. The molecule has 8 aromatic heterocycles. The third-order valence-electron chi connectivity index (χ3n) is 21.4. The zero-order valence-corrected chi connectivity index (χ0v) is 83.3. The number of aliphatic carboxylic acids is 2. The van der Waals surface area contributed by atoms with E-state index in [1.165, 1.54) is 14.2 Å². The molecule has 4 atom stereocenters. The number of nitrogen functional groups attached to an aromatic ring is 1. The van der Waals surface area contributed by atoms with E-state index >= 15 is 0 Å². The van der Waals surface area contributed by atoms with Crippen LogP contribution in [0.25, 0.3) is 0 Å². The number of rotatable bonds is 34. The van der Waals surface area contributed by atoms with Crippen LogP contribution in [0.2, 0.25) is 21.1 Å². The van der Waals surface area contributed by atoms with Crippen molar-refractivity contribution < 1.29 is 92.8 Å². The second-order valence-corrected chi connectivity index (χ2v) is 36.1. The summed E-state index contributed by atoms with van der Waals surface area (Å²) in [5.74, 6) is 2.78. The summed E-state index contributed by atoms with van der Waals surface area (Å²) in [5, 5.41) is 29.4. The van der Waals surface area contributed by atoms with Gasteiger partial charge >= 0.3 is 53.4 Å². The maximum atomic E-state index is 11.8. The van der Waals surface area contributed by atoms with Crippen molar-refractivity contribution in [3.8, 4) is 0 Å². The molecule has 4 aliphatic heterocycles. The van der Waals surface area contributed by atoms with E-state index in [0.29, 0.717) is 77.0 Å². The van der Waals surface area contributed by atoms with Crippen LogP contribution in [0.5, 0.6) is 0 Å². The molecule has 0 radical (unpaired) electrons. The molecule has 0 saturated carbocycles. The van der Waals surface area contributed by atoms with Gasteiger partial charge in [-0.3, -0.25) is 19.2 Å². The second-order valence-electron chi connectivity index (χ2n) is 33.8. The summed E-state index contributed by atoms with van der Waals surface area (Å²) in [7, 11) is 2.81. The molecule has 0 spiro atoms. The topological polar surface area (TPSA) is 424 Å². The van der Waals surface area contributed by atoms with Crippen molar-refractivity contribution >= 4 is 149 Å². The summed E-state index contributed by atoms with van der Waals surface area (Å²) in [6.07, 6.45) is 28.6. The SMILES string of the molecule is CC(C)CN(c1ncc([C@H](C)CC(=O)O)cc1Nc1cnc(Cl)nc1)C1CCOCC1.CC(C)CN(c1ncc([C@H](C)CC(=O)O)cc1Nc1cnc(Cl)nc1)C1CCOCC1.COC(=O)C[C@@H](C)c1cnc(N(CC(C)C)C2CCOCC2)c(N)c1.COC(=O)C[C@@H](C)c1cnc(N(CC(C)C)C2CCOCC2)c(Nc2cnc(Cl)nc2)c1.Clc1ncc(Br)cn1.[Na+].[OH-]. The van der Waals surface area contributed by atoms with Crippen molar-refractivity contribution in [2.24, 2.45) is 23.7 Å². The van der Waals surface area contributed by atoms with Crippen molar-refractivity contribution in [2.45, 2.75) is 208 Å². The van der Waals surface area contributed by atoms with Gasteiger partial charge in [-0.2, -0.15) is 0 Å². The van der Waals surface area contributed by atoms with Gasteiger partial charge in [-0.1, -0.05) is 83.1 Å². The largest absolute Gasteiger partial charge is 1.00 e. The van der Waals surface area contributed by atoms with Gasteiger partial charge in [0.2, 0.25) is 21.1 Å². The maximum Gasteiger partial charge on any atom is 1.00 e. The molecule has 12 rings (SSSR count). The smallest absolute Gasteiger partial charge is 0.870 e. The molecule has 39 heteroatoms. The predicted molar refractivity (Wildman–Crippen MR) is 505 cm³/mol. The van der Waals surface area contributed by atoms with E-state index in [4.69, 9.17) is 95.5 Å². The number of carbonyl (C=O) groups excluding carboxylic acids is 2. The Balaban J connectivity index is 0.000000257. The zero-order valence-electron chi connectivity index (χ0n) is 76.7. The number of ether oxygens (including phenoxy) is 6. The first-order valence-electron chi connectivity index (χ1n) is 43.3. The first-order chi connectivity index (χ1) is 60.7. The minimum Gasteiger partial charge on any atom is -0.870 e. The standard InChI is InChI=1S/C23H32ClN5O3.2C22H30ClN5O3.C19H31N3O3.C4H2BrClN2.Na.H2O/c1-15(2)14-29(19-5-7-32-8-6-19)22-20(28-18-12-26-23(24)27-13-18)10-17(11-25-22)16(3)9-21(30)31-4;2*1-14(2)13-28(18-4-6-31-7-5-18)21-19(27-17-11-25-22(23)26-12-17)9-16(10-24-21)15(3)8-20(29)30;1-13(2)12-22(16-5-7-25-8-6-16)19-17(20)10-15(11-21-19)14(3)9-18(23)24-4;5-3-1-7-4(6)8-2-3;;/h10-13,15-16,19,28H,5-9,14H2,1-4H3;2*9-12,14-15,18,27H,4-8,13H2,1-3H3,(H,29,30);10-11,13-14,16H,5-9,12,20H2,1-4H3;1-2H;;1H2/q;;;;;+1;/p-1/t16-;2*15-;14-;;;/m1111.../s1. The van der Waals surface area contributed by atoms with Gasteiger partial charge < -0.3 is 85.4 Å². The van der Waals surface area contributed by atoms with E-state index in [1.54, 1.807) is 62.0 Å². The van der Waals surface area contributed by atoms with Crippen LogP contribution in [0.1, 0.15) is 206 Å². The number of nitrogens with two attached hydrogens (primary N) is 1. The molecule has 0 bridgehead atoms. The normalized spacial score (nSPS) is 15.2. The molecule has 0 aromatic carbocycles. The summed E-state index contributed by atoms with van der Waals surface area (Å²) in [4.78, 5) is 106. The number of carboxylic acid groups (broad SMARTS) is 2. The Bertz CT molecular complexity index is 4520. The van der Waals surface area contributed by atoms with Crippen molar-refractivity contribution in [3.63, 3.8) is 0 Å². The summed E-state index contributed by atoms with van der Waals surface area (Å²) in [6.45, 7) is 34.9. The van der Waals surface area contributed by atoms with E-state index in [9.17, 15) is 29.4 Å². The average molecular weight is 1940 g/mol. The molecule has 12 heterocycles. The third-order valence-corrected chi connectivity index (χ3v) is 22.6. The average Bonchev–Trinajstić information content (AvgIpc) is 0.622. The van der Waals surface area contributed by atoms with Crippen molar-refractivity contribution in [1.82, 2.24) is 59.8 Å². The summed E-state index contributed by atoms with van der Waals surface area (Å²) >= 11 is 26.1. The van der Waals surface area contributed by atoms with Gasteiger partial charge in [-0.15, -0.1) is 0 Å². The first-order valence-corrected chi connectivity index (χ1v) is 45.6. The van der Waals surface area contributed by atoms with Crippen LogP contribution in [0.3, 0.4) is 0 Å². The molecule has 129 heavy (non-hydrogen) atoms. The van der Waals surface area contributed by atoms with Gasteiger partial charge in [0.15, 0.2) is 23.3 Å². The number of carbonyl (C=O) groups is 4. The molecule has 0 amide bonds. The van der Waals surface area contributed by atoms with Gasteiger partial charge in [0.05, 0.1) is 121 Å². The van der Waals surface area contributed by atoms with Crippen molar-refractivity contribution in [3.05, 3.63) is 146 Å². The van der Waals surface area contributed by atoms with Gasteiger partial charge in [0.25, 0.3) is 0 Å². The van der Waals surface area contributed by atoms with Crippen molar-refractivity contribution in [1.29, 1.82) is 0 Å². The van der Waals surface area contributed by atoms with Crippen LogP contribution >= 0.6 is 62.3 Å². The molecule has 8 aromatic rings. The minimum atomic E-state index is -0.833. The van der Waals surface area contributed by atoms with Crippen LogP contribution in [0.15, 0.2) is 103 Å². The number of methoxy groups -OCH3 is 2. The number of hydrogen-bond acceptors (Lipinski definition) is 31. The summed E-state index contributed by atoms with van der Waals surface area (Å²) < 4.78 is 32.6. The van der Waals surface area contributed by atoms with Crippen LogP contribution < -0.4 is 70.8 Å².